The molecule has 16 atom stereocenters. The van der Waals surface area contributed by atoms with Gasteiger partial charge in [-0.05, 0) is 166 Å². The van der Waals surface area contributed by atoms with Gasteiger partial charge in [0.25, 0.3) is 0 Å². The normalized spacial score (nSPS) is 36.0. The van der Waals surface area contributed by atoms with Crippen molar-refractivity contribution in [3.05, 3.63) is 119 Å². The molecule has 11 heteroatoms. The van der Waals surface area contributed by atoms with Crippen molar-refractivity contribution < 1.29 is 47.2 Å². The number of carbonyl (C=O) groups is 3. The molecule has 9 rings (SSSR count). The summed E-state index contributed by atoms with van der Waals surface area (Å²) in [6, 6.07) is 25.9. The minimum atomic E-state index is -1.77. The first-order chi connectivity index (χ1) is 33.8. The Bertz CT molecular complexity index is 2370. The van der Waals surface area contributed by atoms with Crippen LogP contribution in [0.25, 0.3) is 0 Å². The van der Waals surface area contributed by atoms with Crippen LogP contribution in [0.2, 0.25) is 18.1 Å². The van der Waals surface area contributed by atoms with Gasteiger partial charge in [-0.25, -0.2) is 14.4 Å². The maximum Gasteiger partial charge on any atom is 0.338 e. The summed E-state index contributed by atoms with van der Waals surface area (Å²) in [7, 11) is -1.77. The van der Waals surface area contributed by atoms with Crippen molar-refractivity contribution in [2.24, 2.45) is 46.3 Å². The molecule has 5 fully saturated rings. The third kappa shape index (κ3) is 10.4. The van der Waals surface area contributed by atoms with E-state index in [4.69, 9.17) is 32.8 Å². The van der Waals surface area contributed by atoms with Crippen LogP contribution >= 0.6 is 0 Å². The molecule has 71 heavy (non-hydrogen) atoms. The van der Waals surface area contributed by atoms with E-state index in [0.29, 0.717) is 64.4 Å². The number of rotatable bonds is 14. The molecule has 0 bridgehead atoms. The molecule has 10 nitrogen and oxygen atoms in total. The van der Waals surface area contributed by atoms with Crippen LogP contribution in [0, 0.1) is 46.3 Å². The zero-order valence-electron chi connectivity index (χ0n) is 44.0. The summed E-state index contributed by atoms with van der Waals surface area (Å²) >= 11 is 0. The standard InChI is InChI=1S/C60H80O10Si/c1-37(36-64-71(9,10)58(4,5)6)26-29-48-38(2)50-49(67-48)35-47-45-28-27-43-34-44(30-32-59(43,7)46(45)31-33-60(47,50)8)66-57-53(70-56(63)42-24-18-13-19-25-42)52(69-55(62)41-22-16-12-17-23-41)51(39(3)65-57)68-54(61)40-20-14-11-15-21-40/h11-25,27,37-39,44-53,57H,26,28-36H2,1-10H3/t37-,38-,39+,44+,45-,46+,47+,48-,49+,50+,51+,52-,53-,57+,59+,60+/m1/s1. The number of carbonyl (C=O) groups excluding carboxylic acids is 3. The van der Waals surface area contributed by atoms with E-state index in [1.807, 2.05) is 18.2 Å². The van der Waals surface area contributed by atoms with Gasteiger partial charge in [0.2, 0.25) is 0 Å². The topological polar surface area (TPSA) is 116 Å². The fourth-order valence-electron chi connectivity index (χ4n) is 13.9. The van der Waals surface area contributed by atoms with E-state index < -0.39 is 56.9 Å². The van der Waals surface area contributed by atoms with Crippen molar-refractivity contribution in [2.45, 2.75) is 180 Å². The van der Waals surface area contributed by atoms with Gasteiger partial charge < -0.3 is 32.8 Å². The monoisotopic (exact) mass is 989 g/mol. The molecular weight excluding hydrogens is 909 g/mol. The molecule has 0 aromatic heterocycles. The van der Waals surface area contributed by atoms with Crippen LogP contribution in [0.1, 0.15) is 144 Å². The Hall–Kier alpha value is -4.13. The van der Waals surface area contributed by atoms with Crippen LogP contribution in [0.4, 0.5) is 0 Å². The molecule has 6 aliphatic rings. The first kappa shape index (κ1) is 51.8. The number of esters is 3. The molecule has 3 aromatic rings. The summed E-state index contributed by atoms with van der Waals surface area (Å²) in [6.07, 6.45) is 6.77. The van der Waals surface area contributed by atoms with Gasteiger partial charge in [-0.2, -0.15) is 0 Å². The van der Waals surface area contributed by atoms with Crippen LogP contribution < -0.4 is 0 Å². The summed E-state index contributed by atoms with van der Waals surface area (Å²) in [4.78, 5) is 41.6. The molecule has 0 N–H and O–H groups in total. The van der Waals surface area contributed by atoms with Gasteiger partial charge in [0.15, 0.2) is 32.9 Å². The van der Waals surface area contributed by atoms with Crippen LogP contribution in [0.3, 0.4) is 0 Å². The molecule has 2 heterocycles. The third-order valence-electron chi connectivity index (χ3n) is 18.9. The SMILES string of the molecule is C[C@H](CC[C@H]1O[C@H]2C[C@H]3[C@@H]4CC=C5C[C@@H](O[C@@H]6O[C@@H](C)[C@H](OC(=O)c7ccccc7)[C@@H](OC(=O)c7ccccc7)[C@H]6OC(=O)c6ccccc6)CC[C@]5(C)[C@H]4CC[C@]3(C)[C@H]2[C@@H]1C)CO[Si](C)(C)C(C)(C)C. The second-order valence-electron chi connectivity index (χ2n) is 24.3. The Morgan fingerprint density at radius 1 is 0.746 bits per heavy atom. The molecule has 3 saturated carbocycles. The van der Waals surface area contributed by atoms with Gasteiger partial charge in [-0.15, -0.1) is 0 Å². The van der Waals surface area contributed by atoms with E-state index in [9.17, 15) is 14.4 Å². The minimum Gasteiger partial charge on any atom is -0.452 e. The summed E-state index contributed by atoms with van der Waals surface area (Å²) in [5.74, 6) is 1.60. The summed E-state index contributed by atoms with van der Waals surface area (Å²) in [6.45, 7) is 24.2. The predicted molar refractivity (Wildman–Crippen MR) is 276 cm³/mol. The Kier molecular flexibility index (Phi) is 15.0. The zero-order valence-corrected chi connectivity index (χ0v) is 45.0. The van der Waals surface area contributed by atoms with Crippen molar-refractivity contribution in [3.63, 3.8) is 0 Å². The second kappa shape index (κ2) is 20.6. The number of benzene rings is 3. The Balaban J connectivity index is 0.898. The van der Waals surface area contributed by atoms with Crippen molar-refractivity contribution in [2.75, 3.05) is 6.61 Å². The molecule has 3 aromatic carbocycles. The molecule has 2 saturated heterocycles. The van der Waals surface area contributed by atoms with E-state index in [2.05, 4.69) is 67.6 Å². The highest BCUT2D eigenvalue weighted by atomic mass is 28.4. The fraction of sp³-hybridized carbons (Fsp3) is 0.617. The highest BCUT2D eigenvalue weighted by molar-refractivity contribution is 6.74. The van der Waals surface area contributed by atoms with Gasteiger partial charge in [-0.1, -0.05) is 115 Å². The van der Waals surface area contributed by atoms with Crippen LogP contribution in [0.15, 0.2) is 103 Å². The van der Waals surface area contributed by atoms with E-state index in [-0.39, 0.29) is 22.0 Å². The smallest absolute Gasteiger partial charge is 0.338 e. The molecule has 384 valence electrons. The lowest BCUT2D eigenvalue weighted by molar-refractivity contribution is -0.303. The predicted octanol–water partition coefficient (Wildman–Crippen LogP) is 12.8. The Morgan fingerprint density at radius 2 is 1.31 bits per heavy atom. The lowest BCUT2D eigenvalue weighted by Gasteiger charge is -2.58. The van der Waals surface area contributed by atoms with Crippen LogP contribution in [-0.4, -0.2) is 81.8 Å². The fourth-order valence-corrected chi connectivity index (χ4v) is 15.0. The number of hydrogen-bond acceptors (Lipinski definition) is 10. The van der Waals surface area contributed by atoms with E-state index in [1.165, 1.54) is 18.4 Å². The quantitative estimate of drug-likeness (QED) is 0.0669. The average Bonchev–Trinajstić information content (AvgIpc) is 3.84. The molecule has 0 unspecified atom stereocenters. The summed E-state index contributed by atoms with van der Waals surface area (Å²) in [5.41, 5.74) is 2.70. The van der Waals surface area contributed by atoms with Crippen LogP contribution in [-0.2, 0) is 32.8 Å². The van der Waals surface area contributed by atoms with Crippen molar-refractivity contribution in [3.8, 4) is 0 Å². The molecule has 0 amide bonds. The van der Waals surface area contributed by atoms with Gasteiger partial charge in [0, 0.05) is 6.61 Å². The lowest BCUT2D eigenvalue weighted by Crippen LogP contribution is -2.62. The molecular formula is C60H80O10Si. The number of allylic oxidation sites excluding steroid dienone is 1. The molecule has 2 aliphatic heterocycles. The maximum atomic E-state index is 14.0. The minimum absolute atomic E-state index is 0.0454. The molecule has 0 radical (unpaired) electrons. The molecule has 0 spiro atoms. The van der Waals surface area contributed by atoms with Gasteiger partial charge in [0.1, 0.15) is 0 Å². The van der Waals surface area contributed by atoms with Gasteiger partial charge >= 0.3 is 17.9 Å². The Morgan fingerprint density at radius 3 is 1.89 bits per heavy atom. The van der Waals surface area contributed by atoms with Crippen molar-refractivity contribution in [1.29, 1.82) is 0 Å². The summed E-state index contributed by atoms with van der Waals surface area (Å²) in [5, 5.41) is 0.220. The van der Waals surface area contributed by atoms with E-state index in [1.54, 1.807) is 79.7 Å². The molecule has 4 aliphatic carbocycles. The third-order valence-corrected chi connectivity index (χ3v) is 23.4. The van der Waals surface area contributed by atoms with Crippen molar-refractivity contribution in [1.82, 2.24) is 0 Å². The number of hydrogen-bond donors (Lipinski definition) is 0. The number of ether oxygens (including phenoxy) is 6. The van der Waals surface area contributed by atoms with Crippen LogP contribution in [0.5, 0.6) is 0 Å². The maximum absolute atomic E-state index is 14.0. The van der Waals surface area contributed by atoms with Gasteiger partial charge in [-0.3, -0.25) is 0 Å². The lowest BCUT2D eigenvalue weighted by atomic mass is 9.47. The van der Waals surface area contributed by atoms with Gasteiger partial charge in [0.05, 0.1) is 41.1 Å². The summed E-state index contributed by atoms with van der Waals surface area (Å²) < 4.78 is 46.1. The van der Waals surface area contributed by atoms with E-state index >= 15 is 0 Å². The highest BCUT2D eigenvalue weighted by Gasteiger charge is 2.65. The van der Waals surface area contributed by atoms with E-state index in [0.717, 1.165) is 51.6 Å². The Labute approximate surface area is 424 Å². The highest BCUT2D eigenvalue weighted by Crippen LogP contribution is 2.69. The van der Waals surface area contributed by atoms with Crippen molar-refractivity contribution >= 4 is 26.2 Å². The number of fused-ring (bicyclic) bond motifs is 7. The average molecular weight is 989 g/mol. The first-order valence-electron chi connectivity index (χ1n) is 26.9. The first-order valence-corrected chi connectivity index (χ1v) is 29.8. The largest absolute Gasteiger partial charge is 0.452 e. The second-order valence-corrected chi connectivity index (χ2v) is 29.1. The zero-order chi connectivity index (χ0) is 50.5.